The molecule has 4 nitrogen and oxygen atoms in total. The molecule has 4 heteroatoms. The molecule has 0 bridgehead atoms. The summed E-state index contributed by atoms with van der Waals surface area (Å²) in [4.78, 5) is 15.0. The Morgan fingerprint density at radius 2 is 0.698 bits per heavy atom. The molecule has 2 heterocycles. The van der Waals surface area contributed by atoms with Crippen LogP contribution in [0.3, 0.4) is 0 Å². The van der Waals surface area contributed by atoms with Crippen molar-refractivity contribution in [1.82, 2.24) is 15.0 Å². The number of para-hydroxylation sites is 2. The van der Waals surface area contributed by atoms with Crippen molar-refractivity contribution >= 4 is 32.7 Å². The molecule has 0 aliphatic heterocycles. The van der Waals surface area contributed by atoms with Crippen LogP contribution < -0.4 is 0 Å². The molecule has 10 rings (SSSR count). The third-order valence-electron chi connectivity index (χ3n) is 9.96. The van der Waals surface area contributed by atoms with Gasteiger partial charge in [-0.2, -0.15) is 0 Å². The average Bonchev–Trinajstić information content (AvgIpc) is 3.63. The normalized spacial score (nSPS) is 11.4. The van der Waals surface area contributed by atoms with Crippen LogP contribution in [-0.2, 0) is 0 Å². The molecule has 0 saturated carbocycles. The molecule has 0 unspecified atom stereocenters. The minimum Gasteiger partial charge on any atom is -0.455 e. The number of benzene rings is 8. The average molecular weight is 678 g/mol. The van der Waals surface area contributed by atoms with Gasteiger partial charge in [-0.15, -0.1) is 0 Å². The van der Waals surface area contributed by atoms with Gasteiger partial charge in [-0.25, -0.2) is 15.0 Å². The van der Waals surface area contributed by atoms with Crippen LogP contribution >= 0.6 is 0 Å². The summed E-state index contributed by atoms with van der Waals surface area (Å²) in [7, 11) is 0. The highest BCUT2D eigenvalue weighted by molar-refractivity contribution is 6.13. The maximum atomic E-state index is 6.69. The predicted octanol–water partition coefficient (Wildman–Crippen LogP) is 12.9. The van der Waals surface area contributed by atoms with E-state index in [-0.39, 0.29) is 0 Å². The number of aromatic nitrogens is 3. The first-order valence-electron chi connectivity index (χ1n) is 17.8. The monoisotopic (exact) mass is 677 g/mol. The van der Waals surface area contributed by atoms with Crippen molar-refractivity contribution in [3.05, 3.63) is 188 Å². The van der Waals surface area contributed by atoms with E-state index in [4.69, 9.17) is 19.4 Å². The van der Waals surface area contributed by atoms with E-state index in [0.29, 0.717) is 17.5 Å². The van der Waals surface area contributed by atoms with Crippen LogP contribution in [0.15, 0.2) is 192 Å². The van der Waals surface area contributed by atoms with Gasteiger partial charge in [0.15, 0.2) is 17.5 Å². The van der Waals surface area contributed by atoms with Crippen molar-refractivity contribution in [2.75, 3.05) is 0 Å². The van der Waals surface area contributed by atoms with Crippen molar-refractivity contribution in [3.63, 3.8) is 0 Å². The fourth-order valence-electron chi connectivity index (χ4n) is 7.22. The summed E-state index contributed by atoms with van der Waals surface area (Å²) in [5, 5.41) is 4.66. The Morgan fingerprint density at radius 1 is 0.283 bits per heavy atom. The topological polar surface area (TPSA) is 51.8 Å². The van der Waals surface area contributed by atoms with E-state index in [1.165, 1.54) is 16.3 Å². The lowest BCUT2D eigenvalue weighted by Crippen LogP contribution is -2.00. The van der Waals surface area contributed by atoms with Crippen LogP contribution in [0, 0.1) is 0 Å². The number of furan rings is 1. The molecule has 0 aliphatic rings. The summed E-state index contributed by atoms with van der Waals surface area (Å²) < 4.78 is 6.69. The van der Waals surface area contributed by atoms with Gasteiger partial charge in [0.25, 0.3) is 0 Å². The summed E-state index contributed by atoms with van der Waals surface area (Å²) in [6, 6.07) is 65.1. The summed E-state index contributed by atoms with van der Waals surface area (Å²) >= 11 is 0. The minimum atomic E-state index is 0.619. The number of rotatable bonds is 6. The number of hydrogen-bond acceptors (Lipinski definition) is 4. The second-order valence-corrected chi connectivity index (χ2v) is 13.2. The molecule has 10 aromatic rings. The second-order valence-electron chi connectivity index (χ2n) is 13.2. The van der Waals surface area contributed by atoms with Gasteiger partial charge in [0.1, 0.15) is 11.2 Å². The van der Waals surface area contributed by atoms with Gasteiger partial charge in [0.2, 0.25) is 0 Å². The quantitative estimate of drug-likeness (QED) is 0.176. The Kier molecular flexibility index (Phi) is 7.43. The summed E-state index contributed by atoms with van der Waals surface area (Å²) in [6.45, 7) is 0. The van der Waals surface area contributed by atoms with Crippen molar-refractivity contribution in [3.8, 4) is 67.5 Å². The highest BCUT2D eigenvalue weighted by atomic mass is 16.3. The number of fused-ring (bicyclic) bond motifs is 4. The molecular formula is C49H31N3O. The molecule has 248 valence electrons. The lowest BCUT2D eigenvalue weighted by molar-refractivity contribution is 0.671. The fraction of sp³-hybridized carbons (Fsp3) is 0. The van der Waals surface area contributed by atoms with Gasteiger partial charge in [-0.3, -0.25) is 0 Å². The molecular weight excluding hydrogens is 647 g/mol. The smallest absolute Gasteiger partial charge is 0.164 e. The van der Waals surface area contributed by atoms with Gasteiger partial charge in [-0.1, -0.05) is 182 Å². The Labute approximate surface area is 306 Å². The highest BCUT2D eigenvalue weighted by Crippen LogP contribution is 2.40. The van der Waals surface area contributed by atoms with Crippen molar-refractivity contribution in [2.24, 2.45) is 0 Å². The molecule has 2 aromatic heterocycles. The SMILES string of the molecule is c1ccc(-c2nc(-c3ccc(-c4ccc5ccccc5c4)cc3)nc(-c3ccc(-c4cccc5c4oc4c(-c6ccccc6)cccc45)cc3)n2)cc1. The fourth-order valence-corrected chi connectivity index (χ4v) is 7.22. The predicted molar refractivity (Wildman–Crippen MR) is 217 cm³/mol. The maximum Gasteiger partial charge on any atom is 0.164 e. The largest absolute Gasteiger partial charge is 0.455 e. The highest BCUT2D eigenvalue weighted by Gasteiger charge is 2.17. The Hall–Kier alpha value is -7.17. The van der Waals surface area contributed by atoms with E-state index in [1.54, 1.807) is 0 Å². The van der Waals surface area contributed by atoms with Crippen LogP contribution in [0.5, 0.6) is 0 Å². The molecule has 0 N–H and O–H groups in total. The van der Waals surface area contributed by atoms with E-state index >= 15 is 0 Å². The molecule has 0 amide bonds. The van der Waals surface area contributed by atoms with E-state index in [2.05, 4.69) is 152 Å². The molecule has 0 aliphatic carbocycles. The first-order valence-corrected chi connectivity index (χ1v) is 17.8. The summed E-state index contributed by atoms with van der Waals surface area (Å²) in [5.74, 6) is 1.88. The van der Waals surface area contributed by atoms with Gasteiger partial charge >= 0.3 is 0 Å². The lowest BCUT2D eigenvalue weighted by Gasteiger charge is -2.10. The maximum absolute atomic E-state index is 6.69. The van der Waals surface area contributed by atoms with Crippen molar-refractivity contribution < 1.29 is 4.42 Å². The van der Waals surface area contributed by atoms with Crippen LogP contribution in [0.25, 0.3) is 100 Å². The first-order chi connectivity index (χ1) is 26.2. The zero-order valence-corrected chi connectivity index (χ0v) is 28.6. The van der Waals surface area contributed by atoms with Gasteiger partial charge in [0, 0.05) is 38.6 Å². The second kappa shape index (κ2) is 12.9. The van der Waals surface area contributed by atoms with Gasteiger partial charge in [0.05, 0.1) is 0 Å². The lowest BCUT2D eigenvalue weighted by atomic mass is 9.99. The molecule has 53 heavy (non-hydrogen) atoms. The van der Waals surface area contributed by atoms with E-state index < -0.39 is 0 Å². The third kappa shape index (κ3) is 5.63. The molecule has 0 radical (unpaired) electrons. The van der Waals surface area contributed by atoms with Gasteiger partial charge in [-0.05, 0) is 39.1 Å². The van der Waals surface area contributed by atoms with E-state index in [0.717, 1.165) is 66.4 Å². The van der Waals surface area contributed by atoms with Crippen molar-refractivity contribution in [1.29, 1.82) is 0 Å². The molecule has 0 fully saturated rings. The van der Waals surface area contributed by atoms with E-state index in [9.17, 15) is 0 Å². The molecule has 0 saturated heterocycles. The number of nitrogens with zero attached hydrogens (tertiary/aromatic N) is 3. The summed E-state index contributed by atoms with van der Waals surface area (Å²) in [5.41, 5.74) is 11.2. The van der Waals surface area contributed by atoms with Crippen LogP contribution in [0.4, 0.5) is 0 Å². The van der Waals surface area contributed by atoms with E-state index in [1.807, 2.05) is 36.4 Å². The van der Waals surface area contributed by atoms with Crippen LogP contribution in [0.1, 0.15) is 0 Å². The Morgan fingerprint density at radius 3 is 1.26 bits per heavy atom. The zero-order valence-electron chi connectivity index (χ0n) is 28.6. The third-order valence-corrected chi connectivity index (χ3v) is 9.96. The zero-order chi connectivity index (χ0) is 35.1. The first kappa shape index (κ1) is 30.6. The molecule has 0 atom stereocenters. The Balaban J connectivity index is 1.02. The molecule has 8 aromatic carbocycles. The van der Waals surface area contributed by atoms with Crippen molar-refractivity contribution in [2.45, 2.75) is 0 Å². The van der Waals surface area contributed by atoms with Crippen LogP contribution in [0.2, 0.25) is 0 Å². The van der Waals surface area contributed by atoms with Crippen LogP contribution in [-0.4, -0.2) is 15.0 Å². The van der Waals surface area contributed by atoms with Gasteiger partial charge < -0.3 is 4.42 Å². The number of hydrogen-bond donors (Lipinski definition) is 0. The molecule has 0 spiro atoms. The Bertz CT molecular complexity index is 2910. The minimum absolute atomic E-state index is 0.619. The summed E-state index contributed by atoms with van der Waals surface area (Å²) in [6.07, 6.45) is 0. The standard InChI is InChI=1S/C49H31N3O/c1-3-12-34(13-4-1)41-17-9-19-43-44-20-10-18-42(46(44)53-45(41)43)35-24-28-38(29-25-35)49-51-47(36-14-5-2-6-15-36)50-48(52-49)37-26-21-33(22-27-37)40-30-23-32-11-7-8-16-39(32)31-40/h1-31H.